The summed E-state index contributed by atoms with van der Waals surface area (Å²) in [4.78, 5) is 0.234. The minimum Gasteiger partial charge on any atom is -0.465 e. The van der Waals surface area contributed by atoms with Crippen LogP contribution in [0.1, 0.15) is 49.2 Å². The quantitative estimate of drug-likeness (QED) is 0.886. The first-order valence-corrected chi connectivity index (χ1v) is 8.25. The molecule has 5 nitrogen and oxygen atoms in total. The molecule has 0 amide bonds. The van der Waals surface area contributed by atoms with Crippen LogP contribution in [-0.4, -0.2) is 14.5 Å². The average molecular weight is 286 g/mol. The van der Waals surface area contributed by atoms with Gasteiger partial charge in [0.1, 0.15) is 16.4 Å². The fourth-order valence-corrected chi connectivity index (χ4v) is 4.56. The summed E-state index contributed by atoms with van der Waals surface area (Å²) in [6, 6.07) is 0.0407. The molecular formula is C13H22N2O3S. The van der Waals surface area contributed by atoms with Crippen LogP contribution in [0.15, 0.2) is 9.31 Å². The zero-order valence-electron chi connectivity index (χ0n) is 11.5. The minimum absolute atomic E-state index is 0.0407. The molecule has 1 fully saturated rings. The molecule has 1 aliphatic carbocycles. The van der Waals surface area contributed by atoms with Crippen LogP contribution < -0.4 is 10.5 Å². The number of furan rings is 1. The maximum Gasteiger partial charge on any atom is 0.244 e. The van der Waals surface area contributed by atoms with Crippen molar-refractivity contribution in [3.05, 3.63) is 17.1 Å². The van der Waals surface area contributed by atoms with Crippen molar-refractivity contribution in [2.45, 2.75) is 63.4 Å². The summed E-state index contributed by atoms with van der Waals surface area (Å²) in [7, 11) is -3.54. The van der Waals surface area contributed by atoms with Crippen molar-refractivity contribution in [1.82, 2.24) is 4.72 Å². The lowest BCUT2D eigenvalue weighted by atomic mass is 9.96. The van der Waals surface area contributed by atoms with E-state index in [9.17, 15) is 8.42 Å². The Morgan fingerprint density at radius 2 is 1.84 bits per heavy atom. The van der Waals surface area contributed by atoms with E-state index in [1.165, 1.54) is 6.42 Å². The largest absolute Gasteiger partial charge is 0.465 e. The third kappa shape index (κ3) is 3.01. The Bertz CT molecular complexity index is 542. The Morgan fingerprint density at radius 1 is 1.21 bits per heavy atom. The fraction of sp³-hybridized carbons (Fsp3) is 0.692. The van der Waals surface area contributed by atoms with Crippen molar-refractivity contribution < 1.29 is 12.8 Å². The van der Waals surface area contributed by atoms with E-state index >= 15 is 0 Å². The van der Waals surface area contributed by atoms with Crippen molar-refractivity contribution in [3.63, 3.8) is 0 Å². The summed E-state index contributed by atoms with van der Waals surface area (Å²) < 4.78 is 33.2. The second-order valence-electron chi connectivity index (χ2n) is 5.18. The van der Waals surface area contributed by atoms with Crippen LogP contribution in [0.5, 0.6) is 0 Å². The molecule has 0 unspecified atom stereocenters. The Labute approximate surface area is 114 Å². The monoisotopic (exact) mass is 286 g/mol. The lowest BCUT2D eigenvalue weighted by Gasteiger charge is -2.22. The molecular weight excluding hydrogens is 264 g/mol. The first-order valence-electron chi connectivity index (χ1n) is 6.77. The summed E-state index contributed by atoms with van der Waals surface area (Å²) in [6.07, 6.45) is 5.18. The molecule has 1 heterocycles. The van der Waals surface area contributed by atoms with Crippen LogP contribution >= 0.6 is 0 Å². The standard InChI is InChI=1S/C13H22N2O3S/c1-9-12(8-14)13(10(2)18-9)19(16,17)15-11-6-4-3-5-7-11/h11,15H,3-8,14H2,1-2H3. The minimum atomic E-state index is -3.54. The van der Waals surface area contributed by atoms with Gasteiger partial charge in [0, 0.05) is 18.2 Å². The van der Waals surface area contributed by atoms with Crippen LogP contribution in [0.4, 0.5) is 0 Å². The van der Waals surface area contributed by atoms with E-state index in [0.29, 0.717) is 17.1 Å². The van der Waals surface area contributed by atoms with Gasteiger partial charge >= 0.3 is 0 Å². The van der Waals surface area contributed by atoms with Crippen molar-refractivity contribution in [3.8, 4) is 0 Å². The molecule has 0 aromatic carbocycles. The topological polar surface area (TPSA) is 85.3 Å². The highest BCUT2D eigenvalue weighted by Crippen LogP contribution is 2.27. The predicted octanol–water partition coefficient (Wildman–Crippen LogP) is 1.97. The van der Waals surface area contributed by atoms with Crippen LogP contribution in [0.3, 0.4) is 0 Å². The highest BCUT2D eigenvalue weighted by molar-refractivity contribution is 7.89. The number of sulfonamides is 1. The molecule has 1 aromatic heterocycles. The third-order valence-corrected chi connectivity index (χ3v) is 5.44. The molecule has 0 spiro atoms. The van der Waals surface area contributed by atoms with E-state index < -0.39 is 10.0 Å². The molecule has 1 saturated carbocycles. The first kappa shape index (κ1) is 14.6. The Morgan fingerprint density at radius 3 is 2.42 bits per heavy atom. The van der Waals surface area contributed by atoms with Crippen molar-refractivity contribution in [1.29, 1.82) is 0 Å². The van der Waals surface area contributed by atoms with E-state index in [1.807, 2.05) is 0 Å². The number of nitrogens with one attached hydrogen (secondary N) is 1. The van der Waals surface area contributed by atoms with Crippen LogP contribution in [0.25, 0.3) is 0 Å². The fourth-order valence-electron chi connectivity index (χ4n) is 2.80. The summed E-state index contributed by atoms with van der Waals surface area (Å²) in [5.41, 5.74) is 6.23. The smallest absolute Gasteiger partial charge is 0.244 e. The van der Waals surface area contributed by atoms with Crippen molar-refractivity contribution >= 4 is 10.0 Å². The Hall–Kier alpha value is -0.850. The van der Waals surface area contributed by atoms with E-state index in [0.717, 1.165) is 25.7 Å². The van der Waals surface area contributed by atoms with E-state index in [-0.39, 0.29) is 17.5 Å². The van der Waals surface area contributed by atoms with Gasteiger partial charge in [-0.2, -0.15) is 0 Å². The molecule has 1 aromatic rings. The normalized spacial score (nSPS) is 17.8. The second kappa shape index (κ2) is 5.64. The highest BCUT2D eigenvalue weighted by Gasteiger charge is 2.28. The molecule has 1 aliphatic rings. The number of hydrogen-bond acceptors (Lipinski definition) is 4. The summed E-state index contributed by atoms with van der Waals surface area (Å²) in [5.74, 6) is 1.00. The first-order chi connectivity index (χ1) is 8.95. The van der Waals surface area contributed by atoms with Gasteiger partial charge in [-0.15, -0.1) is 0 Å². The van der Waals surface area contributed by atoms with Gasteiger partial charge in [0.05, 0.1) is 0 Å². The molecule has 0 saturated heterocycles. The van der Waals surface area contributed by atoms with Crippen LogP contribution in [-0.2, 0) is 16.6 Å². The van der Waals surface area contributed by atoms with Gasteiger partial charge < -0.3 is 10.2 Å². The Balaban J connectivity index is 2.28. The number of nitrogens with two attached hydrogens (primary N) is 1. The number of aryl methyl sites for hydroxylation is 2. The third-order valence-electron chi connectivity index (χ3n) is 3.72. The number of rotatable bonds is 4. The van der Waals surface area contributed by atoms with Gasteiger partial charge in [0.15, 0.2) is 0 Å². The van der Waals surface area contributed by atoms with Crippen molar-refractivity contribution in [2.24, 2.45) is 5.73 Å². The zero-order valence-corrected chi connectivity index (χ0v) is 12.3. The van der Waals surface area contributed by atoms with Gasteiger partial charge in [-0.1, -0.05) is 19.3 Å². The highest BCUT2D eigenvalue weighted by atomic mass is 32.2. The molecule has 0 bridgehead atoms. The van der Waals surface area contributed by atoms with Gasteiger partial charge in [-0.05, 0) is 26.7 Å². The summed E-state index contributed by atoms with van der Waals surface area (Å²) in [6.45, 7) is 3.58. The van der Waals surface area contributed by atoms with Gasteiger partial charge in [0.25, 0.3) is 0 Å². The van der Waals surface area contributed by atoms with E-state index in [4.69, 9.17) is 10.2 Å². The molecule has 3 N–H and O–H groups in total. The molecule has 0 radical (unpaired) electrons. The molecule has 108 valence electrons. The molecule has 0 aliphatic heterocycles. The van der Waals surface area contributed by atoms with Crippen LogP contribution in [0.2, 0.25) is 0 Å². The second-order valence-corrected chi connectivity index (χ2v) is 6.83. The predicted molar refractivity (Wildman–Crippen MR) is 73.3 cm³/mol. The van der Waals surface area contributed by atoms with E-state index in [1.54, 1.807) is 13.8 Å². The van der Waals surface area contributed by atoms with Gasteiger partial charge in [0.2, 0.25) is 10.0 Å². The molecule has 0 atom stereocenters. The maximum atomic E-state index is 12.5. The lowest BCUT2D eigenvalue weighted by molar-refractivity contribution is 0.411. The van der Waals surface area contributed by atoms with Crippen LogP contribution in [0, 0.1) is 13.8 Å². The molecule has 6 heteroatoms. The summed E-state index contributed by atoms with van der Waals surface area (Å²) in [5, 5.41) is 0. The molecule has 19 heavy (non-hydrogen) atoms. The maximum absolute atomic E-state index is 12.5. The zero-order chi connectivity index (χ0) is 14.0. The van der Waals surface area contributed by atoms with E-state index in [2.05, 4.69) is 4.72 Å². The summed E-state index contributed by atoms with van der Waals surface area (Å²) >= 11 is 0. The van der Waals surface area contributed by atoms with Gasteiger partial charge in [-0.25, -0.2) is 13.1 Å². The lowest BCUT2D eigenvalue weighted by Crippen LogP contribution is -2.36. The Kier molecular flexibility index (Phi) is 4.32. The molecule has 2 rings (SSSR count). The average Bonchev–Trinajstić information content (AvgIpc) is 2.64. The van der Waals surface area contributed by atoms with Gasteiger partial charge in [-0.3, -0.25) is 0 Å². The number of hydrogen-bond donors (Lipinski definition) is 2. The van der Waals surface area contributed by atoms with Crippen molar-refractivity contribution in [2.75, 3.05) is 0 Å². The SMILES string of the molecule is Cc1oc(C)c(S(=O)(=O)NC2CCCCC2)c1CN.